The Hall–Kier alpha value is -3.51. The van der Waals surface area contributed by atoms with Crippen molar-refractivity contribution < 1.29 is 9.72 Å². The molecule has 3 aromatic carbocycles. The number of carbonyl (C=O) groups is 1. The highest BCUT2D eigenvalue weighted by atomic mass is 79.9. The van der Waals surface area contributed by atoms with Crippen molar-refractivity contribution in [2.75, 3.05) is 4.90 Å². The van der Waals surface area contributed by atoms with E-state index in [0.29, 0.717) is 5.57 Å². The van der Waals surface area contributed by atoms with E-state index in [2.05, 4.69) is 15.9 Å². The van der Waals surface area contributed by atoms with Gasteiger partial charge in [-0.2, -0.15) is 0 Å². The third-order valence-corrected chi connectivity index (χ3v) is 5.04. The van der Waals surface area contributed by atoms with Crippen molar-refractivity contribution >= 4 is 45.0 Å². The Balaban J connectivity index is 1.78. The van der Waals surface area contributed by atoms with Crippen LogP contribution in [0.1, 0.15) is 11.1 Å². The summed E-state index contributed by atoms with van der Waals surface area (Å²) in [5.74, 6) is -0.152. The Labute approximate surface area is 175 Å². The number of hydrogen-bond acceptors (Lipinski definition) is 3. The quantitative estimate of drug-likeness (QED) is 0.287. The second kappa shape index (κ2) is 7.85. The molecule has 1 amide bonds. The van der Waals surface area contributed by atoms with E-state index in [-0.39, 0.29) is 11.6 Å². The van der Waals surface area contributed by atoms with Crippen LogP contribution in [0, 0.1) is 10.1 Å². The van der Waals surface area contributed by atoms with Gasteiger partial charge in [0.2, 0.25) is 0 Å². The molecule has 0 atom stereocenters. The molecule has 0 radical (unpaired) electrons. The normalized spacial score (nSPS) is 14.9. The largest absolute Gasteiger partial charge is 0.276 e. The van der Waals surface area contributed by atoms with Gasteiger partial charge in [0.25, 0.3) is 11.6 Å². The van der Waals surface area contributed by atoms with Crippen molar-refractivity contribution in [3.05, 3.63) is 116 Å². The molecule has 1 heterocycles. The van der Waals surface area contributed by atoms with Crippen molar-refractivity contribution in [3.63, 3.8) is 0 Å². The summed E-state index contributed by atoms with van der Waals surface area (Å²) in [7, 11) is 0. The summed E-state index contributed by atoms with van der Waals surface area (Å²) in [4.78, 5) is 25.3. The first kappa shape index (κ1) is 18.8. The highest BCUT2D eigenvalue weighted by Crippen LogP contribution is 2.36. The topological polar surface area (TPSA) is 63.4 Å². The first-order valence-electron chi connectivity index (χ1n) is 8.86. The van der Waals surface area contributed by atoms with Crippen LogP contribution in [0.4, 0.5) is 11.4 Å². The van der Waals surface area contributed by atoms with E-state index in [1.165, 1.54) is 12.1 Å². The third-order valence-electron chi connectivity index (χ3n) is 4.55. The highest BCUT2D eigenvalue weighted by Gasteiger charge is 2.30. The molecule has 0 saturated heterocycles. The number of non-ortho nitro benzene ring substituents is 1. The molecule has 29 heavy (non-hydrogen) atoms. The van der Waals surface area contributed by atoms with Crippen molar-refractivity contribution in [1.82, 2.24) is 0 Å². The van der Waals surface area contributed by atoms with E-state index in [4.69, 9.17) is 0 Å². The molecule has 1 aliphatic heterocycles. The number of carbonyl (C=O) groups excluding carboxylic acids is 1. The first-order chi connectivity index (χ1) is 14.0. The molecule has 0 aromatic heterocycles. The molecule has 6 heteroatoms. The molecule has 1 aliphatic rings. The van der Waals surface area contributed by atoms with E-state index in [9.17, 15) is 14.9 Å². The molecule has 3 aromatic rings. The van der Waals surface area contributed by atoms with Crippen molar-refractivity contribution in [3.8, 4) is 0 Å². The number of rotatable bonds is 4. The summed E-state index contributed by atoms with van der Waals surface area (Å²) in [6.45, 7) is 0. The Morgan fingerprint density at radius 3 is 2.31 bits per heavy atom. The lowest BCUT2D eigenvalue weighted by molar-refractivity contribution is -0.384. The number of nitro groups is 1. The van der Waals surface area contributed by atoms with Gasteiger partial charge in [-0.15, -0.1) is 0 Å². The van der Waals surface area contributed by atoms with Gasteiger partial charge < -0.3 is 0 Å². The van der Waals surface area contributed by atoms with Crippen molar-refractivity contribution in [2.24, 2.45) is 0 Å². The van der Waals surface area contributed by atoms with E-state index in [1.54, 1.807) is 23.1 Å². The summed E-state index contributed by atoms with van der Waals surface area (Å²) in [5, 5.41) is 10.9. The number of nitrogens with zero attached hydrogens (tertiary/aromatic N) is 2. The molecule has 142 valence electrons. The predicted molar refractivity (Wildman–Crippen MR) is 117 cm³/mol. The maximum Gasteiger partial charge on any atom is 0.269 e. The number of nitro benzene ring substituents is 1. The van der Waals surface area contributed by atoms with Crippen LogP contribution in [-0.4, -0.2) is 10.8 Å². The zero-order chi connectivity index (χ0) is 20.4. The maximum absolute atomic E-state index is 13.3. The Morgan fingerprint density at radius 1 is 0.931 bits per heavy atom. The van der Waals surface area contributed by atoms with Crippen molar-refractivity contribution in [2.45, 2.75) is 0 Å². The maximum atomic E-state index is 13.3. The lowest BCUT2D eigenvalue weighted by atomic mass is 10.1. The Bertz CT molecular complexity index is 1150. The molecule has 0 saturated carbocycles. The van der Waals surface area contributed by atoms with Gasteiger partial charge in [-0.25, -0.2) is 0 Å². The Kier molecular flexibility index (Phi) is 5.10. The minimum Gasteiger partial charge on any atom is -0.276 e. The van der Waals surface area contributed by atoms with Gasteiger partial charge in [0.15, 0.2) is 0 Å². The third kappa shape index (κ3) is 3.88. The summed E-state index contributed by atoms with van der Waals surface area (Å²) in [5.41, 5.74) is 3.71. The zero-order valence-corrected chi connectivity index (χ0v) is 16.7. The number of benzene rings is 3. The zero-order valence-electron chi connectivity index (χ0n) is 15.2. The molecule has 0 fully saturated rings. The van der Waals surface area contributed by atoms with E-state index in [1.807, 2.05) is 60.7 Å². The summed E-state index contributed by atoms with van der Waals surface area (Å²) < 4.78 is 0.878. The van der Waals surface area contributed by atoms with Gasteiger partial charge in [-0.3, -0.25) is 19.8 Å². The SMILES string of the molecule is O=C1C(=Cc2ccc([N+](=O)[O-])cc2)C=C(c2ccccc2)N1c1cccc(Br)c1. The summed E-state index contributed by atoms with van der Waals surface area (Å²) >= 11 is 3.47. The van der Waals surface area contributed by atoms with Crippen LogP contribution in [-0.2, 0) is 4.79 Å². The van der Waals surface area contributed by atoms with Gasteiger partial charge in [-0.05, 0) is 53.6 Å². The first-order valence-corrected chi connectivity index (χ1v) is 9.65. The van der Waals surface area contributed by atoms with Gasteiger partial charge in [0, 0.05) is 22.2 Å². The predicted octanol–water partition coefficient (Wildman–Crippen LogP) is 5.83. The summed E-state index contributed by atoms with van der Waals surface area (Å²) in [6.07, 6.45) is 3.59. The van der Waals surface area contributed by atoms with E-state index >= 15 is 0 Å². The minimum absolute atomic E-state index is 0.0150. The van der Waals surface area contributed by atoms with Crippen LogP contribution >= 0.6 is 15.9 Å². The lowest BCUT2D eigenvalue weighted by Gasteiger charge is -2.21. The number of halogens is 1. The molecule has 0 N–H and O–H groups in total. The Morgan fingerprint density at radius 2 is 1.66 bits per heavy atom. The van der Waals surface area contributed by atoms with Crippen LogP contribution in [0.15, 0.2) is 95.0 Å². The highest BCUT2D eigenvalue weighted by molar-refractivity contribution is 9.10. The van der Waals surface area contributed by atoms with Gasteiger partial charge in [0.1, 0.15) is 0 Å². The fourth-order valence-corrected chi connectivity index (χ4v) is 3.57. The molecular formula is C23H15BrN2O3. The lowest BCUT2D eigenvalue weighted by Crippen LogP contribution is -2.24. The average molecular weight is 447 g/mol. The van der Waals surface area contributed by atoms with E-state index in [0.717, 1.165) is 27.0 Å². The molecule has 4 rings (SSSR count). The molecule has 0 bridgehead atoms. The van der Waals surface area contributed by atoms with Gasteiger partial charge in [0.05, 0.1) is 16.3 Å². The van der Waals surface area contributed by atoms with Crippen LogP contribution in [0.5, 0.6) is 0 Å². The van der Waals surface area contributed by atoms with Gasteiger partial charge >= 0.3 is 0 Å². The monoisotopic (exact) mass is 446 g/mol. The van der Waals surface area contributed by atoms with Crippen LogP contribution in [0.25, 0.3) is 11.8 Å². The number of amides is 1. The number of hydrogen-bond donors (Lipinski definition) is 0. The second-order valence-corrected chi connectivity index (χ2v) is 7.38. The molecule has 0 unspecified atom stereocenters. The average Bonchev–Trinajstić information content (AvgIpc) is 3.05. The standard InChI is InChI=1S/C23H15BrN2O3/c24-19-7-4-8-21(15-19)25-22(17-5-2-1-3-6-17)14-18(23(25)27)13-16-9-11-20(12-10-16)26(28)29/h1-15H. The van der Waals surface area contributed by atoms with Gasteiger partial charge in [-0.1, -0.05) is 52.3 Å². The smallest absolute Gasteiger partial charge is 0.269 e. The fraction of sp³-hybridized carbons (Fsp3) is 0. The van der Waals surface area contributed by atoms with Crippen molar-refractivity contribution in [1.29, 1.82) is 0 Å². The molecule has 0 spiro atoms. The fourth-order valence-electron chi connectivity index (χ4n) is 3.18. The molecular weight excluding hydrogens is 432 g/mol. The van der Waals surface area contributed by atoms with Crippen LogP contribution in [0.3, 0.4) is 0 Å². The van der Waals surface area contributed by atoms with E-state index < -0.39 is 4.92 Å². The van der Waals surface area contributed by atoms with Crippen LogP contribution < -0.4 is 4.90 Å². The molecule has 0 aliphatic carbocycles. The number of anilines is 1. The second-order valence-electron chi connectivity index (χ2n) is 6.46. The summed E-state index contributed by atoms with van der Waals surface area (Å²) in [6, 6.07) is 23.4. The minimum atomic E-state index is -0.444. The molecule has 5 nitrogen and oxygen atoms in total. The van der Waals surface area contributed by atoms with Crippen LogP contribution in [0.2, 0.25) is 0 Å².